The molecule has 0 aliphatic carbocycles. The summed E-state index contributed by atoms with van der Waals surface area (Å²) < 4.78 is 65.4. The van der Waals surface area contributed by atoms with Gasteiger partial charge in [0, 0.05) is 46.0 Å². The van der Waals surface area contributed by atoms with Crippen molar-refractivity contribution < 1.29 is 67.9 Å². The number of alkyl halides is 6. The molecule has 163 valence electrons. The molecule has 3 nitrogen and oxygen atoms in total. The molecule has 0 saturated carbocycles. The fraction of sp³-hybridized carbons (Fsp3) is 0.688. The summed E-state index contributed by atoms with van der Waals surface area (Å²) in [6.45, 7) is 6.75. The van der Waals surface area contributed by atoms with Crippen LogP contribution in [-0.4, -0.2) is 60.6 Å². The van der Waals surface area contributed by atoms with Crippen LogP contribution in [0, 0.1) is 0 Å². The average Bonchev–Trinajstić information content (AvgIpc) is 3.12. The van der Waals surface area contributed by atoms with Crippen LogP contribution in [0.2, 0.25) is 0 Å². The van der Waals surface area contributed by atoms with Crippen molar-refractivity contribution in [1.82, 2.24) is 0 Å². The van der Waals surface area contributed by atoms with Gasteiger partial charge in [-0.05, 0) is 19.3 Å². The number of aliphatic hydroxyl groups is 3. The van der Waals surface area contributed by atoms with E-state index in [0.717, 1.165) is 19.3 Å². The summed E-state index contributed by atoms with van der Waals surface area (Å²) in [6.07, 6.45) is 2.62. The predicted molar refractivity (Wildman–Crippen MR) is 93.4 cm³/mol. The summed E-state index contributed by atoms with van der Waals surface area (Å²) in [5.41, 5.74) is 0. The molecule has 0 bridgehead atoms. The van der Waals surface area contributed by atoms with Crippen LogP contribution in [0.5, 0.6) is 0 Å². The van der Waals surface area contributed by atoms with Crippen molar-refractivity contribution in [2.75, 3.05) is 19.8 Å². The van der Waals surface area contributed by atoms with E-state index in [9.17, 15) is 26.3 Å². The van der Waals surface area contributed by atoms with E-state index in [1.807, 2.05) is 51.1 Å². The van der Waals surface area contributed by atoms with Crippen molar-refractivity contribution in [3.05, 3.63) is 30.3 Å². The molecule has 0 unspecified atom stereocenters. The third-order valence-electron chi connectivity index (χ3n) is 1.55. The number of hydrogen-bond donors (Lipinski definition) is 3. The van der Waals surface area contributed by atoms with Crippen molar-refractivity contribution in [2.45, 2.75) is 50.1 Å². The summed E-state index contributed by atoms with van der Waals surface area (Å²) in [7, 11) is 0. The van der Waals surface area contributed by atoms with Gasteiger partial charge in [-0.3, -0.25) is 0 Å². The summed E-state index contributed by atoms with van der Waals surface area (Å²) >= 11 is -4.06. The minimum Gasteiger partial charge on any atom is -0.214 e. The molecule has 0 aliphatic heterocycles. The Balaban J connectivity index is -0.0000000780. The van der Waals surface area contributed by atoms with Gasteiger partial charge in [-0.15, -0.1) is 0 Å². The van der Waals surface area contributed by atoms with Gasteiger partial charge in [0.1, 0.15) is 0 Å². The van der Waals surface area contributed by atoms with Crippen LogP contribution in [0.15, 0.2) is 30.3 Å². The zero-order valence-corrected chi connectivity index (χ0v) is 20.7. The molecule has 3 N–H and O–H groups in total. The third kappa shape index (κ3) is 76.0. The van der Waals surface area contributed by atoms with E-state index in [1.54, 1.807) is 0 Å². The van der Waals surface area contributed by atoms with Crippen LogP contribution in [0.4, 0.5) is 26.3 Å². The first-order chi connectivity index (χ1) is 11.9. The van der Waals surface area contributed by atoms with Gasteiger partial charge in [-0.1, -0.05) is 20.8 Å². The second-order valence-electron chi connectivity index (χ2n) is 4.36. The van der Waals surface area contributed by atoms with Crippen LogP contribution >= 0.6 is 0 Å². The van der Waals surface area contributed by atoms with Crippen molar-refractivity contribution in [3.8, 4) is 0 Å². The standard InChI is InChI=1S/C5H5.3C3H8O.C2HF6Ge.Zr/c1-2-4-5-3-1;3*1-2-3-4;3-1(4,5)9-2(6,7)8;/h1-5H;3*4H,2-3H2,1H3;9H;/q-1;;;;;. The number of aliphatic hydroxyl groups excluding tert-OH is 3. The van der Waals surface area contributed by atoms with Crippen molar-refractivity contribution in [3.63, 3.8) is 0 Å². The molecule has 1 rings (SSSR count). The van der Waals surface area contributed by atoms with Gasteiger partial charge >= 0.3 is 51.8 Å². The normalized spacial score (nSPS) is 9.48. The summed E-state index contributed by atoms with van der Waals surface area (Å²) in [4.78, 5) is 0. The zero-order valence-electron chi connectivity index (χ0n) is 15.8. The Hall–Kier alpha value is 0.236. The first kappa shape index (κ1) is 37.9. The predicted octanol–water partition coefficient (Wildman–Crippen LogP) is 4.03. The third-order valence-corrected chi connectivity index (χ3v) is 2.93. The van der Waals surface area contributed by atoms with E-state index in [0.29, 0.717) is 19.8 Å². The molecule has 0 heterocycles. The van der Waals surface area contributed by atoms with E-state index < -0.39 is 25.4 Å². The molecule has 0 aliphatic rings. The average molecular weight is 548 g/mol. The summed E-state index contributed by atoms with van der Waals surface area (Å²) in [5, 5.41) is 13.7. The second-order valence-corrected chi connectivity index (χ2v) is 7.71. The Bertz CT molecular complexity index is 278. The smallest absolute Gasteiger partial charge is 0 e. The van der Waals surface area contributed by atoms with Gasteiger partial charge < -0.3 is 15.3 Å². The van der Waals surface area contributed by atoms with Gasteiger partial charge in [0.2, 0.25) is 0 Å². The van der Waals surface area contributed by atoms with E-state index in [1.165, 1.54) is 0 Å². The fourth-order valence-corrected chi connectivity index (χ4v) is 1.29. The van der Waals surface area contributed by atoms with E-state index >= 15 is 0 Å². The van der Waals surface area contributed by atoms with Gasteiger partial charge in [-0.2, -0.15) is 18.2 Å². The van der Waals surface area contributed by atoms with Crippen LogP contribution < -0.4 is 0 Å². The fourth-order valence-electron chi connectivity index (χ4n) is 0.506. The monoisotopic (exact) mass is 548 g/mol. The van der Waals surface area contributed by atoms with E-state index in [2.05, 4.69) is 0 Å². The van der Waals surface area contributed by atoms with Gasteiger partial charge in [0.05, 0.1) is 0 Å². The Morgan fingerprint density at radius 1 is 0.704 bits per heavy atom. The maximum absolute atomic E-state index is 10.9. The minimum absolute atomic E-state index is 0. The molecule has 0 saturated heterocycles. The van der Waals surface area contributed by atoms with Crippen LogP contribution in [-0.2, 0) is 26.2 Å². The zero-order chi connectivity index (χ0) is 21.5. The van der Waals surface area contributed by atoms with Crippen LogP contribution in [0.3, 0.4) is 0 Å². The van der Waals surface area contributed by atoms with E-state index in [4.69, 9.17) is 15.3 Å². The van der Waals surface area contributed by atoms with E-state index in [-0.39, 0.29) is 26.2 Å². The number of rotatable bonds is 3. The van der Waals surface area contributed by atoms with Gasteiger partial charge in [0.15, 0.2) is 0 Å². The van der Waals surface area contributed by atoms with Crippen LogP contribution in [0.25, 0.3) is 0 Å². The molecule has 1 aromatic carbocycles. The molecule has 1 aromatic rings. The summed E-state index contributed by atoms with van der Waals surface area (Å²) in [6, 6.07) is 10.0. The topological polar surface area (TPSA) is 60.7 Å². The van der Waals surface area contributed by atoms with Crippen LogP contribution in [0.1, 0.15) is 40.0 Å². The van der Waals surface area contributed by atoms with Gasteiger partial charge in [0.25, 0.3) is 0 Å². The molecule has 0 aromatic heterocycles. The second kappa shape index (κ2) is 28.4. The van der Waals surface area contributed by atoms with Crippen molar-refractivity contribution in [2.24, 2.45) is 0 Å². The largest absolute Gasteiger partial charge is 0.214 e. The number of hydrogen-bond acceptors (Lipinski definition) is 3. The number of halogens is 6. The Labute approximate surface area is 183 Å². The molecule has 0 atom stereocenters. The molecule has 27 heavy (non-hydrogen) atoms. The molecule has 0 fully saturated rings. The Morgan fingerprint density at radius 3 is 0.963 bits per heavy atom. The van der Waals surface area contributed by atoms with Crippen molar-refractivity contribution >= 4 is 15.4 Å². The SMILES string of the molecule is CCCO.CCCO.CCCO.F[C](F)(F)[GeH][C](F)(F)F.[Zr].c1cc[cH-]c1. The molecular weight excluding hydrogens is 518 g/mol. The molecule has 11 heteroatoms. The molecule has 1 radical (unpaired) electrons. The molecule has 0 amide bonds. The first-order valence-corrected chi connectivity index (χ1v) is 10.4. The Kier molecular flexibility index (Phi) is 39.9. The van der Waals surface area contributed by atoms with Gasteiger partial charge in [-0.25, -0.2) is 12.1 Å². The van der Waals surface area contributed by atoms with Crippen molar-refractivity contribution in [1.29, 1.82) is 0 Å². The maximum atomic E-state index is 10.9. The maximum Gasteiger partial charge on any atom is 0 e. The molecular formula is C16H30F6GeO3Zr-. The summed E-state index contributed by atoms with van der Waals surface area (Å²) in [5.74, 6) is 0. The molecule has 0 spiro atoms. The quantitative estimate of drug-likeness (QED) is 0.304. The first-order valence-electron chi connectivity index (χ1n) is 7.95. The Morgan fingerprint density at radius 2 is 0.926 bits per heavy atom. The minimum atomic E-state index is -4.98.